The van der Waals surface area contributed by atoms with E-state index in [9.17, 15) is 4.79 Å². The molecule has 19 heavy (non-hydrogen) atoms. The van der Waals surface area contributed by atoms with Gasteiger partial charge >= 0.3 is 0 Å². The van der Waals surface area contributed by atoms with E-state index >= 15 is 0 Å². The standard InChI is InChI=1S/C16H12ClNO/c1-11-9-12-7-8-13(17)10-15(12)16(19)18(11)14-5-3-2-4-6-14/h2-10H,1H3. The van der Waals surface area contributed by atoms with Crippen molar-refractivity contribution in [2.24, 2.45) is 0 Å². The molecule has 2 nitrogen and oxygen atoms in total. The van der Waals surface area contributed by atoms with Crippen molar-refractivity contribution in [2.75, 3.05) is 0 Å². The van der Waals surface area contributed by atoms with Crippen LogP contribution in [-0.4, -0.2) is 4.57 Å². The topological polar surface area (TPSA) is 22.0 Å². The number of halogens is 1. The zero-order chi connectivity index (χ0) is 13.4. The van der Waals surface area contributed by atoms with E-state index in [0.717, 1.165) is 16.8 Å². The second-order valence-electron chi connectivity index (χ2n) is 4.49. The summed E-state index contributed by atoms with van der Waals surface area (Å²) in [6.45, 7) is 1.93. The van der Waals surface area contributed by atoms with E-state index in [0.29, 0.717) is 10.4 Å². The van der Waals surface area contributed by atoms with Crippen molar-refractivity contribution in [2.45, 2.75) is 6.92 Å². The van der Waals surface area contributed by atoms with Gasteiger partial charge in [0.25, 0.3) is 5.56 Å². The molecule has 3 aromatic rings. The lowest BCUT2D eigenvalue weighted by molar-refractivity contribution is 0.951. The zero-order valence-corrected chi connectivity index (χ0v) is 11.2. The number of fused-ring (bicyclic) bond motifs is 1. The Kier molecular flexibility index (Phi) is 2.88. The van der Waals surface area contributed by atoms with Gasteiger partial charge in [0, 0.05) is 21.8 Å². The highest BCUT2D eigenvalue weighted by Crippen LogP contribution is 2.19. The van der Waals surface area contributed by atoms with E-state index in [-0.39, 0.29) is 5.56 Å². The molecule has 0 aliphatic heterocycles. The predicted octanol–water partition coefficient (Wildman–Crippen LogP) is 3.95. The number of pyridine rings is 1. The third-order valence-corrected chi connectivity index (χ3v) is 3.42. The van der Waals surface area contributed by atoms with Gasteiger partial charge in [0.05, 0.1) is 0 Å². The van der Waals surface area contributed by atoms with Crippen LogP contribution in [0.5, 0.6) is 0 Å². The third-order valence-electron chi connectivity index (χ3n) is 3.18. The van der Waals surface area contributed by atoms with E-state index in [1.807, 2.05) is 49.4 Å². The van der Waals surface area contributed by atoms with E-state index in [1.165, 1.54) is 0 Å². The van der Waals surface area contributed by atoms with Gasteiger partial charge in [-0.2, -0.15) is 0 Å². The van der Waals surface area contributed by atoms with Crippen molar-refractivity contribution < 1.29 is 0 Å². The fourth-order valence-electron chi connectivity index (χ4n) is 2.31. The molecule has 0 aliphatic carbocycles. The van der Waals surface area contributed by atoms with Crippen LogP contribution in [-0.2, 0) is 0 Å². The van der Waals surface area contributed by atoms with Crippen LogP contribution < -0.4 is 5.56 Å². The summed E-state index contributed by atoms with van der Waals surface area (Å²) in [5.41, 5.74) is 1.74. The smallest absolute Gasteiger partial charge is 0.263 e. The largest absolute Gasteiger partial charge is 0.281 e. The maximum absolute atomic E-state index is 12.6. The molecule has 0 N–H and O–H groups in total. The molecule has 0 bridgehead atoms. The normalized spacial score (nSPS) is 10.8. The predicted molar refractivity (Wildman–Crippen MR) is 79.3 cm³/mol. The minimum absolute atomic E-state index is 0.0382. The first-order chi connectivity index (χ1) is 9.16. The van der Waals surface area contributed by atoms with E-state index < -0.39 is 0 Å². The number of aromatic nitrogens is 1. The number of rotatable bonds is 1. The maximum atomic E-state index is 12.6. The van der Waals surface area contributed by atoms with Gasteiger partial charge in [-0.15, -0.1) is 0 Å². The lowest BCUT2D eigenvalue weighted by Gasteiger charge is -2.11. The summed E-state index contributed by atoms with van der Waals surface area (Å²) >= 11 is 5.98. The van der Waals surface area contributed by atoms with Crippen LogP contribution in [0.3, 0.4) is 0 Å². The van der Waals surface area contributed by atoms with Crippen LogP contribution >= 0.6 is 11.6 Å². The molecule has 0 radical (unpaired) electrons. The fraction of sp³-hybridized carbons (Fsp3) is 0.0625. The van der Waals surface area contributed by atoms with Crippen molar-refractivity contribution in [1.29, 1.82) is 0 Å². The molecule has 0 saturated heterocycles. The minimum atomic E-state index is -0.0382. The minimum Gasteiger partial charge on any atom is -0.281 e. The van der Waals surface area contributed by atoms with Gasteiger partial charge in [-0.3, -0.25) is 9.36 Å². The molecular weight excluding hydrogens is 258 g/mol. The van der Waals surface area contributed by atoms with Crippen LogP contribution in [0.4, 0.5) is 0 Å². The number of para-hydroxylation sites is 1. The highest BCUT2D eigenvalue weighted by atomic mass is 35.5. The second kappa shape index (κ2) is 4.56. The molecule has 0 fully saturated rings. The summed E-state index contributed by atoms with van der Waals surface area (Å²) < 4.78 is 1.71. The summed E-state index contributed by atoms with van der Waals surface area (Å²) in [4.78, 5) is 12.6. The first kappa shape index (κ1) is 12.0. The number of nitrogens with zero attached hydrogens (tertiary/aromatic N) is 1. The lowest BCUT2D eigenvalue weighted by Crippen LogP contribution is -2.20. The first-order valence-corrected chi connectivity index (χ1v) is 6.42. The van der Waals surface area contributed by atoms with Crippen LogP contribution in [0.25, 0.3) is 16.5 Å². The summed E-state index contributed by atoms with van der Waals surface area (Å²) in [6, 6.07) is 17.0. The lowest BCUT2D eigenvalue weighted by atomic mass is 10.1. The summed E-state index contributed by atoms with van der Waals surface area (Å²) in [5.74, 6) is 0. The molecule has 0 atom stereocenters. The van der Waals surface area contributed by atoms with Gasteiger partial charge < -0.3 is 0 Å². The highest BCUT2D eigenvalue weighted by Gasteiger charge is 2.08. The van der Waals surface area contributed by atoms with E-state index in [1.54, 1.807) is 16.7 Å². The number of hydrogen-bond acceptors (Lipinski definition) is 1. The Balaban J connectivity index is 2.41. The molecule has 0 amide bonds. The molecule has 94 valence electrons. The number of hydrogen-bond donors (Lipinski definition) is 0. The van der Waals surface area contributed by atoms with Crippen molar-refractivity contribution in [3.05, 3.63) is 75.7 Å². The van der Waals surface area contributed by atoms with Crippen LogP contribution in [0.15, 0.2) is 59.4 Å². The third kappa shape index (κ3) is 2.04. The molecule has 3 rings (SSSR count). The van der Waals surface area contributed by atoms with Crippen molar-refractivity contribution in [3.8, 4) is 5.69 Å². The van der Waals surface area contributed by atoms with Crippen molar-refractivity contribution >= 4 is 22.4 Å². The Morgan fingerprint density at radius 3 is 2.47 bits per heavy atom. The Morgan fingerprint density at radius 2 is 1.74 bits per heavy atom. The average Bonchev–Trinajstić information content (AvgIpc) is 2.41. The van der Waals surface area contributed by atoms with Gasteiger partial charge in [0.1, 0.15) is 0 Å². The second-order valence-corrected chi connectivity index (χ2v) is 4.93. The highest BCUT2D eigenvalue weighted by molar-refractivity contribution is 6.31. The molecule has 0 saturated carbocycles. The Morgan fingerprint density at radius 1 is 1.00 bits per heavy atom. The van der Waals surface area contributed by atoms with Gasteiger partial charge in [-0.1, -0.05) is 35.9 Å². The number of aryl methyl sites for hydroxylation is 1. The molecule has 2 aromatic carbocycles. The summed E-state index contributed by atoms with van der Waals surface area (Å²) in [6.07, 6.45) is 0. The first-order valence-electron chi connectivity index (χ1n) is 6.04. The average molecular weight is 270 g/mol. The molecule has 1 heterocycles. The van der Waals surface area contributed by atoms with Gasteiger partial charge in [0.15, 0.2) is 0 Å². The summed E-state index contributed by atoms with van der Waals surface area (Å²) in [7, 11) is 0. The van der Waals surface area contributed by atoms with Crippen LogP contribution in [0.2, 0.25) is 5.02 Å². The fourth-order valence-corrected chi connectivity index (χ4v) is 2.48. The number of benzene rings is 2. The van der Waals surface area contributed by atoms with E-state index in [4.69, 9.17) is 11.6 Å². The van der Waals surface area contributed by atoms with Crippen molar-refractivity contribution in [1.82, 2.24) is 4.57 Å². The van der Waals surface area contributed by atoms with E-state index in [2.05, 4.69) is 0 Å². The van der Waals surface area contributed by atoms with Crippen LogP contribution in [0, 0.1) is 6.92 Å². The summed E-state index contributed by atoms with van der Waals surface area (Å²) in [5, 5.41) is 2.13. The Hall–Kier alpha value is -2.06. The molecule has 0 spiro atoms. The Labute approximate surface area is 115 Å². The quantitative estimate of drug-likeness (QED) is 0.656. The monoisotopic (exact) mass is 269 g/mol. The van der Waals surface area contributed by atoms with Crippen LogP contribution in [0.1, 0.15) is 5.69 Å². The molecule has 3 heteroatoms. The zero-order valence-electron chi connectivity index (χ0n) is 10.4. The molecular formula is C16H12ClNO. The van der Waals surface area contributed by atoms with Gasteiger partial charge in [-0.05, 0) is 42.6 Å². The van der Waals surface area contributed by atoms with Gasteiger partial charge in [-0.25, -0.2) is 0 Å². The maximum Gasteiger partial charge on any atom is 0.263 e. The molecule has 0 aliphatic rings. The SMILES string of the molecule is Cc1cc2ccc(Cl)cc2c(=O)n1-c1ccccc1. The molecule has 1 aromatic heterocycles. The Bertz CT molecular complexity index is 806. The van der Waals surface area contributed by atoms with Crippen molar-refractivity contribution in [3.63, 3.8) is 0 Å². The molecule has 0 unspecified atom stereocenters. The van der Waals surface area contributed by atoms with Gasteiger partial charge in [0.2, 0.25) is 0 Å².